The highest BCUT2D eigenvalue weighted by molar-refractivity contribution is 7.10. The quantitative estimate of drug-likeness (QED) is 0.841. The summed E-state index contributed by atoms with van der Waals surface area (Å²) in [6.07, 6.45) is 2.15. The summed E-state index contributed by atoms with van der Waals surface area (Å²) in [5.41, 5.74) is 0.0938. The van der Waals surface area contributed by atoms with Crippen molar-refractivity contribution in [1.82, 2.24) is 0 Å². The zero-order valence-electron chi connectivity index (χ0n) is 10.4. The number of Topliss-reactive ketones (excluding diaryl/α,β-unsaturated/α-hetero) is 1. The lowest BCUT2D eigenvalue weighted by molar-refractivity contribution is -0.134. The number of dihydropyridines is 1. The first-order valence-corrected chi connectivity index (χ1v) is 7.07. The van der Waals surface area contributed by atoms with Gasteiger partial charge in [0.1, 0.15) is 11.4 Å². The average molecular weight is 289 g/mol. The maximum Gasteiger partial charge on any atom is 0.341 e. The number of carbonyl (C=O) groups excluding carboxylic acids is 2. The van der Waals surface area contributed by atoms with Crippen LogP contribution in [0.15, 0.2) is 34.2 Å². The van der Waals surface area contributed by atoms with Gasteiger partial charge in [0.15, 0.2) is 0 Å². The van der Waals surface area contributed by atoms with Gasteiger partial charge in [-0.2, -0.15) is 0 Å². The molecule has 1 aliphatic heterocycles. The molecule has 3 rings (SSSR count). The molecule has 20 heavy (non-hydrogen) atoms. The van der Waals surface area contributed by atoms with E-state index >= 15 is 0 Å². The Labute approximate surface area is 118 Å². The number of rotatable bonds is 2. The topological polar surface area (TPSA) is 83.8 Å². The van der Waals surface area contributed by atoms with Crippen LogP contribution in [0.1, 0.15) is 23.6 Å². The molecule has 5 nitrogen and oxygen atoms in total. The summed E-state index contributed by atoms with van der Waals surface area (Å²) in [7, 11) is 0. The Morgan fingerprint density at radius 3 is 2.80 bits per heavy atom. The molecule has 1 aromatic rings. The molecule has 102 valence electrons. The van der Waals surface area contributed by atoms with E-state index in [-0.39, 0.29) is 11.7 Å². The van der Waals surface area contributed by atoms with E-state index in [2.05, 4.69) is 4.99 Å². The van der Waals surface area contributed by atoms with E-state index in [0.29, 0.717) is 18.6 Å². The lowest BCUT2D eigenvalue weighted by Gasteiger charge is -2.28. The number of thiophene rings is 1. The van der Waals surface area contributed by atoms with E-state index in [1.54, 1.807) is 11.3 Å². The Bertz CT molecular complexity index is 657. The van der Waals surface area contributed by atoms with Gasteiger partial charge < -0.3 is 5.11 Å². The number of carbonyl (C=O) groups is 3. The van der Waals surface area contributed by atoms with Crippen molar-refractivity contribution in [3.05, 3.63) is 34.0 Å². The summed E-state index contributed by atoms with van der Waals surface area (Å²) in [6, 6.07) is 3.89. The zero-order valence-corrected chi connectivity index (χ0v) is 11.2. The number of ketones is 1. The van der Waals surface area contributed by atoms with Crippen LogP contribution in [0, 0.1) is 5.92 Å². The highest BCUT2D eigenvalue weighted by Gasteiger charge is 2.38. The number of carboxylic acids is 1. The Morgan fingerprint density at radius 1 is 1.35 bits per heavy atom. The standard InChI is InChI=1S/C14H11NO4S/c16-11-5-7(12-2-1-3-20-12)4-10-8(11)6-9(14(18)19)13(17)15-10/h1-3,6-8H,4-5H2,(H,18,19). The SMILES string of the molecule is O=C(O)C1=CC2C(=O)CC(c3cccs3)CC2=NC1=O. The summed E-state index contributed by atoms with van der Waals surface area (Å²) in [6.45, 7) is 0. The predicted molar refractivity (Wildman–Crippen MR) is 73.0 cm³/mol. The second-order valence-electron chi connectivity index (χ2n) is 4.86. The fourth-order valence-corrected chi connectivity index (χ4v) is 3.46. The van der Waals surface area contributed by atoms with Crippen LogP contribution in [0.4, 0.5) is 0 Å². The molecule has 1 aromatic heterocycles. The molecular weight excluding hydrogens is 278 g/mol. The van der Waals surface area contributed by atoms with E-state index in [0.717, 1.165) is 4.88 Å². The van der Waals surface area contributed by atoms with Gasteiger partial charge in [0.25, 0.3) is 5.91 Å². The Hall–Kier alpha value is -2.08. The molecule has 0 spiro atoms. The maximum atomic E-state index is 12.2. The minimum atomic E-state index is -1.33. The van der Waals surface area contributed by atoms with Crippen molar-refractivity contribution in [2.45, 2.75) is 18.8 Å². The monoisotopic (exact) mass is 289 g/mol. The van der Waals surface area contributed by atoms with Gasteiger partial charge in [-0.1, -0.05) is 6.07 Å². The number of aliphatic carboxylic acids is 1. The molecule has 2 aliphatic rings. The number of allylic oxidation sites excluding steroid dienone is 1. The van der Waals surface area contributed by atoms with E-state index in [1.807, 2.05) is 17.5 Å². The number of nitrogens with zero attached hydrogens (tertiary/aromatic N) is 1. The van der Waals surface area contributed by atoms with Gasteiger partial charge in [0.2, 0.25) is 0 Å². The fourth-order valence-electron chi connectivity index (χ4n) is 2.63. The fraction of sp³-hybridized carbons (Fsp3) is 0.286. The molecule has 1 N–H and O–H groups in total. The third-order valence-corrected chi connectivity index (χ3v) is 4.63. The molecule has 1 fully saturated rings. The summed E-state index contributed by atoms with van der Waals surface area (Å²) in [5, 5.41) is 10.9. The molecule has 0 saturated heterocycles. The first-order chi connectivity index (χ1) is 9.56. The molecule has 2 unspecified atom stereocenters. The van der Waals surface area contributed by atoms with Gasteiger partial charge in [0.05, 0.1) is 5.92 Å². The average Bonchev–Trinajstić information content (AvgIpc) is 2.91. The van der Waals surface area contributed by atoms with Crippen molar-refractivity contribution in [3.8, 4) is 0 Å². The molecule has 1 amide bonds. The van der Waals surface area contributed by atoms with Crippen molar-refractivity contribution in [3.63, 3.8) is 0 Å². The molecule has 0 aromatic carbocycles. The Morgan fingerprint density at radius 2 is 2.15 bits per heavy atom. The summed E-state index contributed by atoms with van der Waals surface area (Å²) < 4.78 is 0. The minimum absolute atomic E-state index is 0.0464. The number of carboxylic acid groups (broad SMARTS) is 1. The number of hydrogen-bond donors (Lipinski definition) is 1. The van der Waals surface area contributed by atoms with Crippen LogP contribution in [0.25, 0.3) is 0 Å². The first kappa shape index (κ1) is 12.9. The first-order valence-electron chi connectivity index (χ1n) is 6.19. The van der Waals surface area contributed by atoms with Crippen LogP contribution in [-0.2, 0) is 14.4 Å². The van der Waals surface area contributed by atoms with Crippen LogP contribution < -0.4 is 0 Å². The second kappa shape index (κ2) is 4.79. The normalized spacial score (nSPS) is 25.8. The lowest BCUT2D eigenvalue weighted by atomic mass is 9.77. The van der Waals surface area contributed by atoms with Crippen LogP contribution in [0.3, 0.4) is 0 Å². The van der Waals surface area contributed by atoms with Gasteiger partial charge in [0, 0.05) is 22.9 Å². The van der Waals surface area contributed by atoms with Gasteiger partial charge in [-0.25, -0.2) is 9.79 Å². The van der Waals surface area contributed by atoms with Crippen molar-refractivity contribution in [2.24, 2.45) is 10.9 Å². The minimum Gasteiger partial charge on any atom is -0.478 e. The summed E-state index contributed by atoms with van der Waals surface area (Å²) in [4.78, 5) is 39.7. The largest absolute Gasteiger partial charge is 0.478 e. The van der Waals surface area contributed by atoms with Crippen molar-refractivity contribution in [2.75, 3.05) is 0 Å². The molecule has 2 heterocycles. The Balaban J connectivity index is 1.91. The maximum absolute atomic E-state index is 12.2. The van der Waals surface area contributed by atoms with Gasteiger partial charge in [-0.15, -0.1) is 11.3 Å². The number of hydrogen-bond acceptors (Lipinski definition) is 4. The smallest absolute Gasteiger partial charge is 0.341 e. The van der Waals surface area contributed by atoms with Crippen molar-refractivity contribution >= 4 is 34.7 Å². The molecule has 1 aliphatic carbocycles. The molecule has 2 atom stereocenters. The van der Waals surface area contributed by atoms with Crippen LogP contribution in [-0.4, -0.2) is 28.5 Å². The van der Waals surface area contributed by atoms with Crippen molar-refractivity contribution < 1.29 is 19.5 Å². The molecule has 0 radical (unpaired) electrons. The highest BCUT2D eigenvalue weighted by Crippen LogP contribution is 2.36. The van der Waals surface area contributed by atoms with E-state index in [4.69, 9.17) is 5.11 Å². The molecule has 6 heteroatoms. The third kappa shape index (κ3) is 2.12. The summed E-state index contributed by atoms with van der Waals surface area (Å²) in [5.74, 6) is -2.76. The Kier molecular flexibility index (Phi) is 3.10. The zero-order chi connectivity index (χ0) is 14.3. The number of aliphatic imine (C=N–C) groups is 1. The van der Waals surface area contributed by atoms with E-state index in [1.165, 1.54) is 6.08 Å². The van der Waals surface area contributed by atoms with E-state index < -0.39 is 23.4 Å². The molecule has 0 bridgehead atoms. The lowest BCUT2D eigenvalue weighted by Crippen LogP contribution is -2.35. The van der Waals surface area contributed by atoms with Crippen LogP contribution >= 0.6 is 11.3 Å². The van der Waals surface area contributed by atoms with Gasteiger partial charge in [-0.3, -0.25) is 9.59 Å². The van der Waals surface area contributed by atoms with Gasteiger partial charge in [-0.05, 0) is 23.9 Å². The number of amides is 1. The molecular formula is C14H11NO4S. The third-order valence-electron chi connectivity index (χ3n) is 3.59. The second-order valence-corrected chi connectivity index (χ2v) is 5.84. The number of fused-ring (bicyclic) bond motifs is 1. The van der Waals surface area contributed by atoms with Crippen molar-refractivity contribution in [1.29, 1.82) is 0 Å². The van der Waals surface area contributed by atoms with Crippen LogP contribution in [0.2, 0.25) is 0 Å². The highest BCUT2D eigenvalue weighted by atomic mass is 32.1. The van der Waals surface area contributed by atoms with E-state index in [9.17, 15) is 14.4 Å². The van der Waals surface area contributed by atoms with Crippen LogP contribution in [0.5, 0.6) is 0 Å². The summed E-state index contributed by atoms with van der Waals surface area (Å²) >= 11 is 1.58. The predicted octanol–water partition coefficient (Wildman–Crippen LogP) is 1.80. The molecule has 1 saturated carbocycles. The van der Waals surface area contributed by atoms with Gasteiger partial charge >= 0.3 is 5.97 Å².